The lowest BCUT2D eigenvalue weighted by Gasteiger charge is -2.19. The maximum Gasteiger partial charge on any atom is 0.305 e. The molecule has 48 heavy (non-hydrogen) atoms. The molecule has 14 heteroatoms. The van der Waals surface area contributed by atoms with Crippen molar-refractivity contribution in [1.29, 1.82) is 0 Å². The van der Waals surface area contributed by atoms with E-state index in [2.05, 4.69) is 24.5 Å². The first-order chi connectivity index (χ1) is 21.8. The molecule has 0 radical (unpaired) electrons. The highest BCUT2D eigenvalue weighted by Gasteiger charge is 2.21. The first kappa shape index (κ1) is 51.6. The van der Waals surface area contributed by atoms with E-state index in [1.807, 2.05) is 55.4 Å². The first-order valence-corrected chi connectivity index (χ1v) is 16.8. The van der Waals surface area contributed by atoms with Crippen molar-refractivity contribution in [3.05, 3.63) is 0 Å². The van der Waals surface area contributed by atoms with E-state index in [4.69, 9.17) is 27.4 Å². The van der Waals surface area contributed by atoms with Crippen molar-refractivity contribution in [2.24, 2.45) is 46.8 Å². The number of aliphatic hydroxyl groups excluding tert-OH is 2. The van der Waals surface area contributed by atoms with Gasteiger partial charge in [0.15, 0.2) is 0 Å². The van der Waals surface area contributed by atoms with Crippen molar-refractivity contribution in [2.45, 2.75) is 152 Å². The molecule has 0 fully saturated rings. The zero-order chi connectivity index (χ0) is 38.7. The number of hydrogen-bond donors (Lipinski definition) is 8. The number of carbonyl (C=O) groups excluding carboxylic acids is 5. The van der Waals surface area contributed by atoms with Crippen LogP contribution >= 0.6 is 0 Å². The predicted octanol–water partition coefficient (Wildman–Crippen LogP) is 2.60. The molecule has 0 aliphatic rings. The predicted molar refractivity (Wildman–Crippen MR) is 188 cm³/mol. The van der Waals surface area contributed by atoms with Gasteiger partial charge in [-0.2, -0.15) is 0 Å². The zero-order valence-electron chi connectivity index (χ0n) is 31.4. The van der Waals surface area contributed by atoms with Gasteiger partial charge in [0.1, 0.15) is 12.1 Å². The molecule has 0 aromatic rings. The zero-order valence-corrected chi connectivity index (χ0v) is 31.4. The van der Waals surface area contributed by atoms with E-state index < -0.39 is 42.1 Å². The van der Waals surface area contributed by atoms with Gasteiger partial charge >= 0.3 is 5.97 Å². The molecule has 5 amide bonds. The normalized spacial score (nSPS) is 13.1. The molecule has 0 saturated carbocycles. The van der Waals surface area contributed by atoms with Crippen LogP contribution in [0.3, 0.4) is 0 Å². The number of primary amides is 3. The van der Waals surface area contributed by atoms with Gasteiger partial charge in [-0.25, -0.2) is 0 Å². The number of aliphatic carboxylic acids is 1. The number of rotatable bonds is 19. The molecule has 0 bridgehead atoms. The van der Waals surface area contributed by atoms with Crippen LogP contribution in [0.5, 0.6) is 0 Å². The molecule has 1 unspecified atom stereocenters. The van der Waals surface area contributed by atoms with Crippen LogP contribution in [0.4, 0.5) is 0 Å². The fourth-order valence-electron chi connectivity index (χ4n) is 3.61. The number of hydrogen-bond acceptors (Lipinski definition) is 8. The topological polar surface area (TPSA) is 265 Å². The summed E-state index contributed by atoms with van der Waals surface area (Å²) in [5, 5.41) is 32.0. The third-order valence-electron chi connectivity index (χ3n) is 6.28. The number of carboxylic acid groups (broad SMARTS) is 1. The molecule has 0 aliphatic carbocycles. The second kappa shape index (κ2) is 29.8. The Hall–Kier alpha value is -3.26. The Labute approximate surface area is 288 Å². The van der Waals surface area contributed by atoms with E-state index in [-0.39, 0.29) is 42.4 Å². The van der Waals surface area contributed by atoms with Crippen molar-refractivity contribution >= 4 is 35.5 Å². The summed E-state index contributed by atoms with van der Waals surface area (Å²) in [6.07, 6.45) is 2.43. The van der Waals surface area contributed by atoms with E-state index in [0.717, 1.165) is 12.8 Å². The highest BCUT2D eigenvalue weighted by molar-refractivity contribution is 5.87. The number of aliphatic hydroxyl groups is 2. The Morgan fingerprint density at radius 3 is 1.19 bits per heavy atom. The Balaban J connectivity index is -0.000000279. The van der Waals surface area contributed by atoms with Gasteiger partial charge in [-0.3, -0.25) is 28.8 Å². The summed E-state index contributed by atoms with van der Waals surface area (Å²) in [5.74, 6) is -0.907. The second-order valence-corrected chi connectivity index (χ2v) is 14.1. The van der Waals surface area contributed by atoms with Crippen LogP contribution in [-0.2, 0) is 28.8 Å². The van der Waals surface area contributed by atoms with Gasteiger partial charge in [0.25, 0.3) is 0 Å². The largest absolute Gasteiger partial charge is 0.481 e. The van der Waals surface area contributed by atoms with E-state index in [0.29, 0.717) is 43.4 Å². The fraction of sp³-hybridized carbons (Fsp3) is 0.824. The molecular formula is C34H69N5O9. The van der Waals surface area contributed by atoms with Crippen LogP contribution in [-0.4, -0.2) is 75.1 Å². The molecule has 284 valence electrons. The quantitative estimate of drug-likeness (QED) is 0.0988. The minimum Gasteiger partial charge on any atom is -0.481 e. The van der Waals surface area contributed by atoms with Gasteiger partial charge in [-0.1, -0.05) is 69.2 Å². The average Bonchev–Trinajstić information content (AvgIpc) is 2.88. The molecular weight excluding hydrogens is 622 g/mol. The number of nitrogens with two attached hydrogens (primary N) is 3. The van der Waals surface area contributed by atoms with Crippen molar-refractivity contribution < 1.29 is 44.1 Å². The summed E-state index contributed by atoms with van der Waals surface area (Å²) < 4.78 is 0. The standard InChI is InChI=1S/C11H22N2O3.C10H20N2O2.C8H16O3.C5H11NO/c1-7(2)4-5-9(14)6-10(15)13-8(3)11(12)16;1-6(2)5-8(13)12-9(7(3)4)10(11)14;1-6(2)3-4-7(9)5-8(10)11;1-4(2)3-5(6)7/h7-9,14H,4-6H2,1-3H3,(H2,12,16)(H,13,15);6-7,9H,5H2,1-4H3,(H2,11,14)(H,12,13);6-7,9H,3-5H2,1-2H3,(H,10,11);4H,3H2,1-2H3,(H2,6,7)/t8-,9+;;7-;/m0.1./s1. The van der Waals surface area contributed by atoms with E-state index >= 15 is 0 Å². The SMILES string of the molecule is CC(C)CC(=O)NC(C(N)=O)C(C)C.CC(C)CC(N)=O.CC(C)CC[C@@H](O)CC(=O)N[C@@H](C)C(N)=O.CC(C)CC[C@@H](O)CC(=O)O. The summed E-state index contributed by atoms with van der Waals surface area (Å²) in [5.41, 5.74) is 15.0. The van der Waals surface area contributed by atoms with Crippen molar-refractivity contribution in [3.63, 3.8) is 0 Å². The van der Waals surface area contributed by atoms with Gasteiger partial charge in [-0.15, -0.1) is 0 Å². The molecule has 0 saturated heterocycles. The van der Waals surface area contributed by atoms with Gasteiger partial charge < -0.3 is 43.2 Å². The monoisotopic (exact) mass is 692 g/mol. The summed E-state index contributed by atoms with van der Waals surface area (Å²) in [7, 11) is 0. The van der Waals surface area contributed by atoms with Crippen LogP contribution in [0, 0.1) is 29.6 Å². The van der Waals surface area contributed by atoms with E-state index in [1.165, 1.54) is 6.92 Å². The van der Waals surface area contributed by atoms with E-state index in [1.54, 1.807) is 0 Å². The Bertz CT molecular complexity index is 925. The summed E-state index contributed by atoms with van der Waals surface area (Å²) in [4.78, 5) is 64.5. The smallest absolute Gasteiger partial charge is 0.305 e. The second-order valence-electron chi connectivity index (χ2n) is 14.1. The van der Waals surface area contributed by atoms with Crippen LogP contribution in [0.1, 0.15) is 128 Å². The maximum absolute atomic E-state index is 11.4. The molecule has 0 aromatic heterocycles. The van der Waals surface area contributed by atoms with Crippen molar-refractivity contribution in [3.8, 4) is 0 Å². The van der Waals surface area contributed by atoms with Crippen LogP contribution in [0.25, 0.3) is 0 Å². The molecule has 14 nitrogen and oxygen atoms in total. The molecule has 0 aliphatic heterocycles. The highest BCUT2D eigenvalue weighted by Crippen LogP contribution is 2.10. The molecule has 0 heterocycles. The van der Waals surface area contributed by atoms with Crippen LogP contribution in [0.2, 0.25) is 0 Å². The lowest BCUT2D eigenvalue weighted by atomic mass is 10.0. The molecule has 0 rings (SSSR count). The fourth-order valence-corrected chi connectivity index (χ4v) is 3.61. The molecule has 0 aromatic carbocycles. The van der Waals surface area contributed by atoms with Crippen LogP contribution in [0.15, 0.2) is 0 Å². The van der Waals surface area contributed by atoms with E-state index in [9.17, 15) is 33.9 Å². The van der Waals surface area contributed by atoms with Crippen LogP contribution < -0.4 is 27.8 Å². The summed E-state index contributed by atoms with van der Waals surface area (Å²) in [6.45, 7) is 21.3. The van der Waals surface area contributed by atoms with Gasteiger partial charge in [0.05, 0.1) is 25.0 Å². The summed E-state index contributed by atoms with van der Waals surface area (Å²) >= 11 is 0. The van der Waals surface area contributed by atoms with Gasteiger partial charge in [-0.05, 0) is 62.2 Å². The number of amides is 5. The van der Waals surface area contributed by atoms with Gasteiger partial charge in [0.2, 0.25) is 29.5 Å². The molecule has 0 spiro atoms. The first-order valence-electron chi connectivity index (χ1n) is 16.8. The van der Waals surface area contributed by atoms with Crippen molar-refractivity contribution in [2.75, 3.05) is 0 Å². The maximum atomic E-state index is 11.4. The third-order valence-corrected chi connectivity index (χ3v) is 6.28. The Morgan fingerprint density at radius 1 is 0.521 bits per heavy atom. The summed E-state index contributed by atoms with van der Waals surface area (Å²) in [6, 6.07) is -1.24. The Kier molecular flexibility index (Phi) is 32.1. The van der Waals surface area contributed by atoms with Gasteiger partial charge in [0, 0.05) is 12.8 Å². The minimum absolute atomic E-state index is 0.0182. The third kappa shape index (κ3) is 40.8. The minimum atomic E-state index is -0.929. The lowest BCUT2D eigenvalue weighted by Crippen LogP contribution is -2.47. The highest BCUT2D eigenvalue weighted by atomic mass is 16.4. The molecule has 11 N–H and O–H groups in total. The number of nitrogens with one attached hydrogen (secondary N) is 2. The Morgan fingerprint density at radius 2 is 0.917 bits per heavy atom. The lowest BCUT2D eigenvalue weighted by molar-refractivity contribution is -0.139. The average molecular weight is 692 g/mol. The number of carbonyl (C=O) groups is 6. The number of carboxylic acids is 1. The molecule has 4 atom stereocenters. The van der Waals surface area contributed by atoms with Crippen molar-refractivity contribution in [1.82, 2.24) is 10.6 Å².